The van der Waals surface area contributed by atoms with Gasteiger partial charge in [-0.25, -0.2) is 4.79 Å². The number of hydrogen-bond donors (Lipinski definition) is 2. The van der Waals surface area contributed by atoms with Crippen LogP contribution in [-0.4, -0.2) is 43.6 Å². The zero-order valence-electron chi connectivity index (χ0n) is 15.1. The Hall–Kier alpha value is -2.57. The van der Waals surface area contributed by atoms with Gasteiger partial charge in [-0.1, -0.05) is 32.0 Å². The molecule has 2 amide bonds. The number of benzene rings is 1. The molecular weight excluding hydrogens is 324 g/mol. The molecule has 0 aliphatic heterocycles. The topological polar surface area (TPSA) is 93.7 Å². The predicted molar refractivity (Wildman–Crippen MR) is 92.9 cm³/mol. The summed E-state index contributed by atoms with van der Waals surface area (Å²) in [5.74, 6) is -0.618. The molecule has 1 rings (SSSR count). The summed E-state index contributed by atoms with van der Waals surface area (Å²) in [7, 11) is 1.27. The molecule has 7 heteroatoms. The first-order chi connectivity index (χ1) is 11.8. The lowest BCUT2D eigenvalue weighted by molar-refractivity contribution is -0.145. The summed E-state index contributed by atoms with van der Waals surface area (Å²) in [5, 5.41) is 5.15. The minimum atomic E-state index is -0.800. The first-order valence-corrected chi connectivity index (χ1v) is 8.19. The van der Waals surface area contributed by atoms with Crippen molar-refractivity contribution in [3.63, 3.8) is 0 Å². The van der Waals surface area contributed by atoms with Gasteiger partial charge in [0.2, 0.25) is 5.91 Å². The Kier molecular flexibility index (Phi) is 8.46. The zero-order valence-corrected chi connectivity index (χ0v) is 15.1. The maximum Gasteiger partial charge on any atom is 0.328 e. The van der Waals surface area contributed by atoms with Gasteiger partial charge in [-0.05, 0) is 31.4 Å². The minimum absolute atomic E-state index is 0.200. The van der Waals surface area contributed by atoms with Crippen molar-refractivity contribution in [2.75, 3.05) is 13.7 Å². The Morgan fingerprint density at radius 2 is 1.68 bits per heavy atom. The lowest BCUT2D eigenvalue weighted by atomic mass is 10.0. The molecule has 0 aliphatic carbocycles. The number of hydrogen-bond acceptors (Lipinski definition) is 5. The third-order valence-electron chi connectivity index (χ3n) is 3.39. The second-order valence-electron chi connectivity index (χ2n) is 6.10. The molecule has 0 bridgehead atoms. The van der Waals surface area contributed by atoms with E-state index in [0.717, 1.165) is 0 Å². The molecule has 0 aromatic heterocycles. The number of rotatable bonds is 9. The van der Waals surface area contributed by atoms with Crippen molar-refractivity contribution in [3.05, 3.63) is 30.3 Å². The van der Waals surface area contributed by atoms with Gasteiger partial charge in [0.05, 0.1) is 7.11 Å². The van der Waals surface area contributed by atoms with E-state index in [4.69, 9.17) is 9.47 Å². The van der Waals surface area contributed by atoms with E-state index in [0.29, 0.717) is 12.2 Å². The molecule has 2 N–H and O–H groups in total. The highest BCUT2D eigenvalue weighted by molar-refractivity contribution is 5.90. The molecular formula is C18H26N2O5. The third kappa shape index (κ3) is 7.69. The lowest BCUT2D eigenvalue weighted by Gasteiger charge is -2.21. The van der Waals surface area contributed by atoms with Crippen LogP contribution in [0.3, 0.4) is 0 Å². The number of carbonyl (C=O) groups is 3. The highest BCUT2D eigenvalue weighted by atomic mass is 16.5. The van der Waals surface area contributed by atoms with E-state index >= 15 is 0 Å². The largest absolute Gasteiger partial charge is 0.484 e. The van der Waals surface area contributed by atoms with E-state index in [1.165, 1.54) is 7.11 Å². The van der Waals surface area contributed by atoms with Gasteiger partial charge in [0, 0.05) is 0 Å². The van der Waals surface area contributed by atoms with Crippen LogP contribution in [0.4, 0.5) is 0 Å². The Bertz CT molecular complexity index is 574. The Balaban J connectivity index is 2.48. The fraction of sp³-hybridized carbons (Fsp3) is 0.500. The van der Waals surface area contributed by atoms with Crippen molar-refractivity contribution in [1.29, 1.82) is 0 Å². The van der Waals surface area contributed by atoms with E-state index in [-0.39, 0.29) is 12.5 Å². The first kappa shape index (κ1) is 20.5. The Morgan fingerprint density at radius 3 is 2.24 bits per heavy atom. The minimum Gasteiger partial charge on any atom is -0.484 e. The van der Waals surface area contributed by atoms with Gasteiger partial charge < -0.3 is 20.1 Å². The van der Waals surface area contributed by atoms with Crippen LogP contribution in [0.25, 0.3) is 0 Å². The summed E-state index contributed by atoms with van der Waals surface area (Å²) in [6, 6.07) is 7.36. The monoisotopic (exact) mass is 350 g/mol. The Morgan fingerprint density at radius 1 is 1.04 bits per heavy atom. The van der Waals surface area contributed by atoms with E-state index in [1.54, 1.807) is 31.2 Å². The molecule has 1 aromatic carbocycles. The van der Waals surface area contributed by atoms with Crippen LogP contribution >= 0.6 is 0 Å². The van der Waals surface area contributed by atoms with Gasteiger partial charge in [-0.3, -0.25) is 9.59 Å². The van der Waals surface area contributed by atoms with Crippen molar-refractivity contribution in [1.82, 2.24) is 10.6 Å². The number of methoxy groups -OCH3 is 1. The second kappa shape index (κ2) is 10.3. The molecule has 0 spiro atoms. The van der Waals surface area contributed by atoms with Crippen LogP contribution in [0.2, 0.25) is 0 Å². The van der Waals surface area contributed by atoms with Crippen LogP contribution in [0, 0.1) is 5.92 Å². The van der Waals surface area contributed by atoms with Crippen molar-refractivity contribution < 1.29 is 23.9 Å². The van der Waals surface area contributed by atoms with Crippen LogP contribution in [0.15, 0.2) is 30.3 Å². The van der Waals surface area contributed by atoms with Crippen LogP contribution in [-0.2, 0) is 19.1 Å². The van der Waals surface area contributed by atoms with Crippen LogP contribution < -0.4 is 15.4 Å². The van der Waals surface area contributed by atoms with Gasteiger partial charge in [0.25, 0.3) is 5.91 Å². The number of nitrogens with one attached hydrogen (secondary N) is 2. The van der Waals surface area contributed by atoms with Crippen LogP contribution in [0.5, 0.6) is 5.75 Å². The van der Waals surface area contributed by atoms with E-state index in [1.807, 2.05) is 19.9 Å². The van der Waals surface area contributed by atoms with E-state index < -0.39 is 29.9 Å². The van der Waals surface area contributed by atoms with Crippen molar-refractivity contribution in [2.45, 2.75) is 39.3 Å². The number of esters is 1. The normalized spacial score (nSPS) is 12.8. The number of ether oxygens (including phenoxy) is 2. The zero-order chi connectivity index (χ0) is 18.8. The summed E-state index contributed by atoms with van der Waals surface area (Å²) in [6.45, 7) is 5.22. The van der Waals surface area contributed by atoms with Crippen molar-refractivity contribution >= 4 is 17.8 Å². The molecule has 7 nitrogen and oxygen atoms in total. The molecule has 25 heavy (non-hydrogen) atoms. The summed E-state index contributed by atoms with van der Waals surface area (Å²) < 4.78 is 10.0. The van der Waals surface area contributed by atoms with E-state index in [9.17, 15) is 14.4 Å². The SMILES string of the molecule is COC(=O)[C@H](CC(C)C)NC(=O)[C@H](C)NC(=O)COc1ccccc1. The van der Waals surface area contributed by atoms with Gasteiger partial charge in [-0.15, -0.1) is 0 Å². The second-order valence-corrected chi connectivity index (χ2v) is 6.10. The molecule has 0 saturated heterocycles. The first-order valence-electron chi connectivity index (χ1n) is 8.19. The number of para-hydroxylation sites is 1. The maximum absolute atomic E-state index is 12.2. The fourth-order valence-corrected chi connectivity index (χ4v) is 2.14. The van der Waals surface area contributed by atoms with Gasteiger partial charge >= 0.3 is 5.97 Å². The molecule has 0 fully saturated rings. The molecule has 0 radical (unpaired) electrons. The standard InChI is InChI=1S/C18H26N2O5/c1-12(2)10-15(18(23)24-4)20-17(22)13(3)19-16(21)11-25-14-8-6-5-7-9-14/h5-9,12-13,15H,10-11H2,1-4H3,(H,19,21)(H,20,22)/t13-,15-/m0/s1. The van der Waals surface area contributed by atoms with Gasteiger partial charge in [-0.2, -0.15) is 0 Å². The summed E-state index contributed by atoms with van der Waals surface area (Å²) in [4.78, 5) is 35.8. The van der Waals surface area contributed by atoms with E-state index in [2.05, 4.69) is 10.6 Å². The third-order valence-corrected chi connectivity index (χ3v) is 3.39. The number of amides is 2. The molecule has 0 aliphatic rings. The average Bonchev–Trinajstić information content (AvgIpc) is 2.59. The summed E-state index contributed by atoms with van der Waals surface area (Å²) in [6.07, 6.45) is 0.455. The molecule has 0 saturated carbocycles. The highest BCUT2D eigenvalue weighted by Crippen LogP contribution is 2.08. The highest BCUT2D eigenvalue weighted by Gasteiger charge is 2.25. The average molecular weight is 350 g/mol. The summed E-state index contributed by atoms with van der Waals surface area (Å²) in [5.41, 5.74) is 0. The molecule has 0 heterocycles. The maximum atomic E-state index is 12.2. The molecule has 0 unspecified atom stereocenters. The quantitative estimate of drug-likeness (QED) is 0.654. The van der Waals surface area contributed by atoms with Crippen LogP contribution in [0.1, 0.15) is 27.2 Å². The fourth-order valence-electron chi connectivity index (χ4n) is 2.14. The van der Waals surface area contributed by atoms with Crippen molar-refractivity contribution in [2.24, 2.45) is 5.92 Å². The van der Waals surface area contributed by atoms with Gasteiger partial charge in [0.15, 0.2) is 6.61 Å². The smallest absolute Gasteiger partial charge is 0.328 e. The summed E-state index contributed by atoms with van der Waals surface area (Å²) >= 11 is 0. The van der Waals surface area contributed by atoms with Crippen molar-refractivity contribution in [3.8, 4) is 5.75 Å². The lowest BCUT2D eigenvalue weighted by Crippen LogP contribution is -2.51. The number of carbonyl (C=O) groups excluding carboxylic acids is 3. The molecule has 138 valence electrons. The predicted octanol–water partition coefficient (Wildman–Crippen LogP) is 1.27. The van der Waals surface area contributed by atoms with Gasteiger partial charge in [0.1, 0.15) is 17.8 Å². The Labute approximate surface area is 148 Å². The molecule has 2 atom stereocenters. The molecule has 1 aromatic rings.